The van der Waals surface area contributed by atoms with Crippen LogP contribution in [-0.2, 0) is 28.6 Å². The molecule has 0 saturated carbocycles. The van der Waals surface area contributed by atoms with E-state index in [1.807, 2.05) is 19.2 Å². The molecule has 0 bridgehead atoms. The number of aliphatic carboxylic acids is 1. The second-order valence-corrected chi connectivity index (χ2v) is 8.45. The second kappa shape index (κ2) is 14.0. The molecule has 0 aromatic rings. The topological polar surface area (TPSA) is 183 Å². The fourth-order valence-electron chi connectivity index (χ4n) is 2.89. The van der Waals surface area contributed by atoms with Crippen LogP contribution in [-0.4, -0.2) is 68.9 Å². The number of guanidine groups is 1. The van der Waals surface area contributed by atoms with Gasteiger partial charge in [-0.15, -0.1) is 0 Å². The first-order chi connectivity index (χ1) is 14.7. The van der Waals surface area contributed by atoms with E-state index in [2.05, 4.69) is 9.18 Å². The van der Waals surface area contributed by atoms with Gasteiger partial charge >= 0.3 is 12.4 Å². The van der Waals surface area contributed by atoms with E-state index < -0.39 is 40.6 Å². The molecule has 186 valence electrons. The molecule has 11 nitrogen and oxygen atoms in total. The van der Waals surface area contributed by atoms with Gasteiger partial charge in [-0.25, -0.2) is 9.79 Å². The maximum atomic E-state index is 12.6. The molecule has 32 heavy (non-hydrogen) atoms. The molecule has 0 aromatic carbocycles. The van der Waals surface area contributed by atoms with E-state index in [-0.39, 0.29) is 42.8 Å². The van der Waals surface area contributed by atoms with Crippen molar-refractivity contribution in [2.75, 3.05) is 12.9 Å². The molecule has 1 rings (SSSR count). The summed E-state index contributed by atoms with van der Waals surface area (Å²) in [6, 6.07) is -0.581. The van der Waals surface area contributed by atoms with Crippen molar-refractivity contribution in [3.8, 4) is 0 Å². The molecule has 1 aliphatic rings. The van der Waals surface area contributed by atoms with E-state index in [0.717, 1.165) is 6.26 Å². The number of rotatable bonds is 10. The highest BCUT2D eigenvalue weighted by molar-refractivity contribution is 7.85. The number of nitrogens with zero attached hydrogens (tertiary/aromatic N) is 1. The van der Waals surface area contributed by atoms with Crippen LogP contribution in [0.3, 0.4) is 0 Å². The molecular weight excluding hydrogens is 454 g/mol. The summed E-state index contributed by atoms with van der Waals surface area (Å²) in [6.45, 7) is 5.60. The number of carbonyl (C=O) groups is 2. The van der Waals surface area contributed by atoms with Crippen LogP contribution < -0.4 is 16.8 Å². The van der Waals surface area contributed by atoms with E-state index in [4.69, 9.17) is 16.2 Å². The van der Waals surface area contributed by atoms with Gasteiger partial charge in [0.1, 0.15) is 6.10 Å². The normalized spacial score (nSPS) is 18.8. The Bertz CT molecular complexity index is 795. The van der Waals surface area contributed by atoms with Crippen molar-refractivity contribution in [3.63, 3.8) is 0 Å². The van der Waals surface area contributed by atoms with Crippen molar-refractivity contribution in [1.82, 2.24) is 5.32 Å². The Morgan fingerprint density at radius 2 is 1.81 bits per heavy atom. The number of amides is 1. The van der Waals surface area contributed by atoms with Crippen molar-refractivity contribution in [2.45, 2.75) is 71.1 Å². The molecule has 0 fully saturated rings. The molecule has 14 heteroatoms. The summed E-state index contributed by atoms with van der Waals surface area (Å²) in [5, 5.41) is 11.4. The van der Waals surface area contributed by atoms with E-state index in [1.54, 1.807) is 6.92 Å². The van der Waals surface area contributed by atoms with Crippen molar-refractivity contribution in [3.05, 3.63) is 11.3 Å². The number of nitrogens with two attached hydrogens (primary N) is 2. The van der Waals surface area contributed by atoms with Crippen LogP contribution >= 0.6 is 0 Å². The number of ether oxygens (including phenoxy) is 1. The lowest BCUT2D eigenvalue weighted by Gasteiger charge is -2.33. The number of nitrogens with one attached hydrogen (secondary N) is 1. The van der Waals surface area contributed by atoms with Gasteiger partial charge in [-0.2, -0.15) is 17.2 Å². The van der Waals surface area contributed by atoms with Crippen molar-refractivity contribution in [2.24, 2.45) is 16.5 Å². The van der Waals surface area contributed by atoms with Crippen molar-refractivity contribution in [1.29, 1.82) is 0 Å². The molecule has 2 unspecified atom stereocenters. The fraction of sp³-hybridized carbons (Fsp3) is 0.722. The number of alkyl halides is 2. The zero-order chi connectivity index (χ0) is 25.1. The predicted octanol–water partition coefficient (Wildman–Crippen LogP) is 0.699. The van der Waals surface area contributed by atoms with Crippen molar-refractivity contribution < 1.29 is 40.8 Å². The highest BCUT2D eigenvalue weighted by Gasteiger charge is 2.36. The monoisotopic (exact) mass is 486 g/mol. The molecule has 0 heterocycles. The number of aliphatic imine (C=N–C) groups is 1. The smallest absolute Gasteiger partial charge is 0.333 e. The Balaban J connectivity index is 0.00000118. The third-order valence-corrected chi connectivity index (χ3v) is 4.88. The Morgan fingerprint density at radius 3 is 2.16 bits per heavy atom. The Labute approximate surface area is 186 Å². The van der Waals surface area contributed by atoms with Crippen LogP contribution in [0.1, 0.15) is 46.5 Å². The number of hydrogen-bond donors (Lipinski definition) is 4. The fourth-order valence-corrected chi connectivity index (χ4v) is 3.32. The van der Waals surface area contributed by atoms with Crippen LogP contribution in [0.25, 0.3) is 0 Å². The number of carboxylic acids is 1. The summed E-state index contributed by atoms with van der Waals surface area (Å²) in [5.41, 5.74) is 10.3. The van der Waals surface area contributed by atoms with E-state index in [1.165, 1.54) is 0 Å². The summed E-state index contributed by atoms with van der Waals surface area (Å²) >= 11 is 0. The molecule has 0 spiro atoms. The highest BCUT2D eigenvalue weighted by Crippen LogP contribution is 2.30. The quantitative estimate of drug-likeness (QED) is 0.196. The van der Waals surface area contributed by atoms with Crippen LogP contribution in [0.15, 0.2) is 16.3 Å². The minimum absolute atomic E-state index is 0.102. The summed E-state index contributed by atoms with van der Waals surface area (Å²) in [4.78, 5) is 26.9. The first-order valence-electron chi connectivity index (χ1n) is 9.89. The number of carboxylic acid groups (broad SMARTS) is 1. The molecule has 6 N–H and O–H groups in total. The average molecular weight is 487 g/mol. The molecule has 0 aliphatic heterocycles. The summed E-state index contributed by atoms with van der Waals surface area (Å²) < 4.78 is 55.3. The van der Waals surface area contributed by atoms with Gasteiger partial charge in [-0.05, 0) is 19.8 Å². The molecule has 0 radical (unpaired) electrons. The second-order valence-electron chi connectivity index (χ2n) is 6.81. The zero-order valence-corrected chi connectivity index (χ0v) is 19.3. The van der Waals surface area contributed by atoms with E-state index in [9.17, 15) is 31.9 Å². The molecule has 1 aliphatic carbocycles. The maximum Gasteiger partial charge on any atom is 0.333 e. The lowest BCUT2D eigenvalue weighted by atomic mass is 9.89. The maximum absolute atomic E-state index is 12.6. The minimum Gasteiger partial charge on any atom is -0.478 e. The predicted molar refractivity (Wildman–Crippen MR) is 113 cm³/mol. The van der Waals surface area contributed by atoms with Crippen molar-refractivity contribution >= 4 is 28.0 Å². The van der Waals surface area contributed by atoms with Gasteiger partial charge < -0.3 is 26.6 Å². The number of halogens is 2. The average Bonchev–Trinajstić information content (AvgIpc) is 2.66. The first kappa shape index (κ1) is 29.7. The van der Waals surface area contributed by atoms with Gasteiger partial charge in [-0.1, -0.05) is 13.8 Å². The van der Waals surface area contributed by atoms with Crippen LogP contribution in [0.5, 0.6) is 0 Å². The van der Waals surface area contributed by atoms with Gasteiger partial charge in [-0.3, -0.25) is 8.98 Å². The largest absolute Gasteiger partial charge is 0.478 e. The third kappa shape index (κ3) is 11.3. The molecule has 2 atom stereocenters. The van der Waals surface area contributed by atoms with Gasteiger partial charge in [0.25, 0.3) is 16.0 Å². The van der Waals surface area contributed by atoms with E-state index >= 15 is 0 Å². The Morgan fingerprint density at radius 1 is 1.25 bits per heavy atom. The summed E-state index contributed by atoms with van der Waals surface area (Å²) in [5.74, 6) is -3.14. The van der Waals surface area contributed by atoms with Gasteiger partial charge in [0.05, 0.1) is 36.3 Å². The number of hydrogen-bond acceptors (Lipinski definition) is 7. The Hall–Kier alpha value is -2.32. The van der Waals surface area contributed by atoms with Gasteiger partial charge in [0, 0.05) is 12.8 Å². The molecule has 0 saturated heterocycles. The number of carbonyl (C=O) groups excluding carboxylic acids is 1. The van der Waals surface area contributed by atoms with Crippen LogP contribution in [0, 0.1) is 0 Å². The summed E-state index contributed by atoms with van der Waals surface area (Å²) in [7, 11) is -3.17. The third-order valence-electron chi connectivity index (χ3n) is 4.22. The zero-order valence-electron chi connectivity index (χ0n) is 18.5. The SMILES string of the molecule is CCC(CC)OC1CC(N=C(N)N)CC(C(=O)O)=C1NC(=O)C(F)F.CCOS(C)(=O)=O. The molecular formula is C18H32F2N4O7S. The molecule has 0 aromatic heterocycles. The summed E-state index contributed by atoms with van der Waals surface area (Å²) in [6.07, 6.45) is -2.03. The van der Waals surface area contributed by atoms with Crippen LogP contribution in [0.2, 0.25) is 0 Å². The van der Waals surface area contributed by atoms with E-state index in [0.29, 0.717) is 12.8 Å². The first-order valence-corrected chi connectivity index (χ1v) is 11.7. The molecule has 1 amide bonds. The van der Waals surface area contributed by atoms with Gasteiger partial charge in [0.2, 0.25) is 0 Å². The van der Waals surface area contributed by atoms with Crippen LogP contribution in [0.4, 0.5) is 8.78 Å². The lowest BCUT2D eigenvalue weighted by molar-refractivity contribution is -0.133. The highest BCUT2D eigenvalue weighted by atomic mass is 32.2. The minimum atomic E-state index is -3.27. The Kier molecular flexibility index (Phi) is 12.9. The lowest BCUT2D eigenvalue weighted by Crippen LogP contribution is -2.43. The van der Waals surface area contributed by atoms with Gasteiger partial charge in [0.15, 0.2) is 5.96 Å². The standard InChI is InChI=1S/C15H24F2N4O4.C3H8O3S/c1-3-8(4-2)25-10-6-7(20-15(18)19)5-9(14(23)24)11(10)21-13(22)12(16)17;1-3-6-7(2,4)5/h7-8,10,12H,3-6H2,1-2H3,(H,21,22)(H,23,24)(H4,18,19,20);3H2,1-2H3.